The number of benzene rings is 8. The van der Waals surface area contributed by atoms with Crippen LogP contribution in [0.5, 0.6) is 0 Å². The molecule has 0 atom stereocenters. The zero-order valence-corrected chi connectivity index (χ0v) is 33.1. The van der Waals surface area contributed by atoms with Crippen LogP contribution in [0.25, 0.3) is 106 Å². The molecule has 0 radical (unpaired) electrons. The fraction of sp³-hybridized carbons (Fsp3) is 0. The second kappa shape index (κ2) is 15.5. The molecule has 3 heterocycles. The van der Waals surface area contributed by atoms with Crippen molar-refractivity contribution in [3.05, 3.63) is 225 Å². The number of hydrogen-bond donors (Lipinski definition) is 0. The Kier molecular flexibility index (Phi) is 9.10. The van der Waals surface area contributed by atoms with Crippen molar-refractivity contribution < 1.29 is 0 Å². The molecular weight excluding hydrogens is 743 g/mol. The van der Waals surface area contributed by atoms with Gasteiger partial charge in [0.15, 0.2) is 17.5 Å². The lowest BCUT2D eigenvalue weighted by Gasteiger charge is -2.18. The Morgan fingerprint density at radius 2 is 0.689 bits per heavy atom. The van der Waals surface area contributed by atoms with Gasteiger partial charge in [-0.25, -0.2) is 19.5 Å². The van der Waals surface area contributed by atoms with E-state index in [0.29, 0.717) is 17.5 Å². The highest BCUT2D eigenvalue weighted by Gasteiger charge is 2.22. The van der Waals surface area contributed by atoms with Crippen molar-refractivity contribution in [3.8, 4) is 89.9 Å². The third kappa shape index (κ3) is 6.74. The Morgan fingerprint density at radius 3 is 1.23 bits per heavy atom. The van der Waals surface area contributed by atoms with Crippen LogP contribution < -0.4 is 0 Å². The third-order valence-corrected chi connectivity index (χ3v) is 11.3. The molecule has 0 saturated heterocycles. The van der Waals surface area contributed by atoms with Crippen LogP contribution in [-0.2, 0) is 0 Å². The SMILES string of the molecule is c1ccc(-c2cc(-c3ccccc3)cc(-c3nc(-c4ccccc4)nc(-c4ccc(-c5c(-c6ccccc6)n6ncc(-c7ccccc7)c6c6ccccc56)cc4)n3)c2)cc1. The number of hydrogen-bond acceptors (Lipinski definition) is 4. The molecule has 61 heavy (non-hydrogen) atoms. The Morgan fingerprint density at radius 1 is 0.295 bits per heavy atom. The van der Waals surface area contributed by atoms with Crippen LogP contribution in [0.3, 0.4) is 0 Å². The van der Waals surface area contributed by atoms with Crippen LogP contribution in [0, 0.1) is 0 Å². The lowest BCUT2D eigenvalue weighted by Crippen LogP contribution is -2.01. The minimum Gasteiger partial charge on any atom is -0.231 e. The lowest BCUT2D eigenvalue weighted by atomic mass is 9.92. The van der Waals surface area contributed by atoms with Gasteiger partial charge < -0.3 is 0 Å². The van der Waals surface area contributed by atoms with E-state index in [2.05, 4.69) is 180 Å². The monoisotopic (exact) mass is 779 g/mol. The highest BCUT2D eigenvalue weighted by Crippen LogP contribution is 2.43. The second-order valence-corrected chi connectivity index (χ2v) is 15.1. The van der Waals surface area contributed by atoms with Gasteiger partial charge >= 0.3 is 0 Å². The van der Waals surface area contributed by atoms with E-state index < -0.39 is 0 Å². The Bertz CT molecular complexity index is 3250. The summed E-state index contributed by atoms with van der Waals surface area (Å²) in [5.74, 6) is 1.83. The fourth-order valence-corrected chi connectivity index (χ4v) is 8.39. The average Bonchev–Trinajstić information content (AvgIpc) is 3.80. The molecule has 5 nitrogen and oxygen atoms in total. The first-order valence-electron chi connectivity index (χ1n) is 20.5. The van der Waals surface area contributed by atoms with Crippen LogP contribution in [0.4, 0.5) is 0 Å². The maximum atomic E-state index is 5.22. The number of aromatic nitrogens is 5. The van der Waals surface area contributed by atoms with Crippen LogP contribution >= 0.6 is 0 Å². The highest BCUT2D eigenvalue weighted by molar-refractivity contribution is 6.13. The molecule has 0 aliphatic rings. The molecule has 0 spiro atoms. The fourth-order valence-electron chi connectivity index (χ4n) is 8.39. The number of fused-ring (bicyclic) bond motifs is 3. The van der Waals surface area contributed by atoms with E-state index >= 15 is 0 Å². The number of rotatable bonds is 8. The van der Waals surface area contributed by atoms with Crippen LogP contribution in [-0.4, -0.2) is 24.6 Å². The van der Waals surface area contributed by atoms with Gasteiger partial charge in [0.1, 0.15) is 0 Å². The van der Waals surface area contributed by atoms with Crippen molar-refractivity contribution in [3.63, 3.8) is 0 Å². The van der Waals surface area contributed by atoms with Crippen molar-refractivity contribution in [1.82, 2.24) is 24.6 Å². The molecular formula is C56H37N5. The maximum absolute atomic E-state index is 5.22. The molecule has 0 aliphatic heterocycles. The minimum atomic E-state index is 0.602. The number of pyridine rings is 1. The van der Waals surface area contributed by atoms with E-state index in [1.54, 1.807) is 0 Å². The van der Waals surface area contributed by atoms with Gasteiger partial charge in [-0.1, -0.05) is 200 Å². The van der Waals surface area contributed by atoms with Crippen LogP contribution in [0.1, 0.15) is 0 Å². The summed E-state index contributed by atoms with van der Waals surface area (Å²) in [6.45, 7) is 0. The summed E-state index contributed by atoms with van der Waals surface area (Å²) in [6, 6.07) is 76.1. The van der Waals surface area contributed by atoms with Gasteiger partial charge in [0, 0.05) is 38.8 Å². The molecule has 0 amide bonds. The Labute approximate surface area is 354 Å². The van der Waals surface area contributed by atoms with Crippen molar-refractivity contribution in [2.24, 2.45) is 0 Å². The van der Waals surface area contributed by atoms with E-state index in [0.717, 1.165) is 88.7 Å². The lowest BCUT2D eigenvalue weighted by molar-refractivity contribution is 0.976. The number of nitrogens with zero attached hydrogens (tertiary/aromatic N) is 5. The van der Waals surface area contributed by atoms with E-state index in [1.165, 1.54) is 0 Å². The Hall–Kier alpha value is -8.28. The highest BCUT2D eigenvalue weighted by atomic mass is 15.2. The first-order valence-corrected chi connectivity index (χ1v) is 20.5. The molecule has 0 unspecified atom stereocenters. The van der Waals surface area contributed by atoms with Crippen molar-refractivity contribution in [2.45, 2.75) is 0 Å². The molecule has 286 valence electrons. The molecule has 0 bridgehead atoms. The van der Waals surface area contributed by atoms with Gasteiger partial charge in [0.25, 0.3) is 0 Å². The second-order valence-electron chi connectivity index (χ2n) is 15.1. The Balaban J connectivity index is 1.09. The molecule has 8 aromatic carbocycles. The van der Waals surface area contributed by atoms with Gasteiger partial charge in [-0.2, -0.15) is 5.10 Å². The van der Waals surface area contributed by atoms with Gasteiger partial charge in [-0.15, -0.1) is 0 Å². The van der Waals surface area contributed by atoms with Gasteiger partial charge in [-0.05, 0) is 57.0 Å². The largest absolute Gasteiger partial charge is 0.231 e. The summed E-state index contributed by atoms with van der Waals surface area (Å²) in [5, 5.41) is 7.38. The van der Waals surface area contributed by atoms with Crippen molar-refractivity contribution in [1.29, 1.82) is 0 Å². The van der Waals surface area contributed by atoms with E-state index in [9.17, 15) is 0 Å². The van der Waals surface area contributed by atoms with Crippen LogP contribution in [0.15, 0.2) is 225 Å². The van der Waals surface area contributed by atoms with E-state index in [4.69, 9.17) is 20.1 Å². The average molecular weight is 780 g/mol. The molecule has 5 heteroatoms. The topological polar surface area (TPSA) is 56.0 Å². The predicted molar refractivity (Wildman–Crippen MR) is 250 cm³/mol. The molecule has 3 aromatic heterocycles. The van der Waals surface area contributed by atoms with Crippen molar-refractivity contribution in [2.75, 3.05) is 0 Å². The summed E-state index contributed by atoms with van der Waals surface area (Å²) in [4.78, 5) is 15.5. The summed E-state index contributed by atoms with van der Waals surface area (Å²) in [7, 11) is 0. The molecule has 0 saturated carbocycles. The predicted octanol–water partition coefficient (Wildman–Crippen LogP) is 14.0. The molecule has 11 rings (SSSR count). The summed E-state index contributed by atoms with van der Waals surface area (Å²) in [5.41, 5.74) is 14.8. The van der Waals surface area contributed by atoms with Gasteiger partial charge in [0.2, 0.25) is 0 Å². The summed E-state index contributed by atoms with van der Waals surface area (Å²) >= 11 is 0. The van der Waals surface area contributed by atoms with Crippen molar-refractivity contribution >= 4 is 16.3 Å². The zero-order valence-electron chi connectivity index (χ0n) is 33.1. The first-order chi connectivity index (χ1) is 30.2. The molecule has 0 aliphatic carbocycles. The van der Waals surface area contributed by atoms with Gasteiger partial charge in [-0.3, -0.25) is 0 Å². The van der Waals surface area contributed by atoms with Gasteiger partial charge in [0.05, 0.1) is 17.4 Å². The quantitative estimate of drug-likeness (QED) is 0.154. The summed E-state index contributed by atoms with van der Waals surface area (Å²) < 4.78 is 2.13. The first kappa shape index (κ1) is 35.8. The zero-order chi connectivity index (χ0) is 40.5. The molecule has 0 N–H and O–H groups in total. The van der Waals surface area contributed by atoms with E-state index in [-0.39, 0.29) is 0 Å². The third-order valence-electron chi connectivity index (χ3n) is 11.3. The summed E-state index contributed by atoms with van der Waals surface area (Å²) in [6.07, 6.45) is 2.00. The standard InChI is InChI=1S/C56H37N5/c1-6-18-38(19-7-1)45-34-46(39-20-8-2-9-21-39)36-47(35-45)56-59-54(43-26-14-5-15-27-43)58-55(60-56)44-32-30-41(31-33-44)51-48-28-16-17-29-49(48)53-50(40-22-10-3-11-23-40)37-57-61(53)52(51)42-24-12-4-13-25-42/h1-37H. The van der Waals surface area contributed by atoms with Crippen LogP contribution in [0.2, 0.25) is 0 Å². The minimum absolute atomic E-state index is 0.602. The smallest absolute Gasteiger partial charge is 0.164 e. The van der Waals surface area contributed by atoms with E-state index in [1.807, 2.05) is 48.7 Å². The molecule has 0 fully saturated rings. The maximum Gasteiger partial charge on any atom is 0.164 e. The molecule has 11 aromatic rings. The normalized spacial score (nSPS) is 11.3.